The standard InChI is InChI=1S/C18H24N2S/c1-14-13-21-17(20-14)12-16(19-2)18(10-6-7-11-18)15-8-4-3-5-9-15/h3-5,8-9,13,16,19H,6-7,10-12H2,1-2H3. The first-order valence-corrected chi connectivity index (χ1v) is 8.76. The number of hydrogen-bond donors (Lipinski definition) is 1. The zero-order chi connectivity index (χ0) is 14.7. The Bertz CT molecular complexity index is 570. The lowest BCUT2D eigenvalue weighted by molar-refractivity contribution is 0.307. The maximum atomic E-state index is 4.67. The Labute approximate surface area is 131 Å². The molecule has 0 radical (unpaired) electrons. The monoisotopic (exact) mass is 300 g/mol. The molecule has 1 saturated carbocycles. The largest absolute Gasteiger partial charge is 0.316 e. The van der Waals surface area contributed by atoms with Gasteiger partial charge in [-0.25, -0.2) is 4.98 Å². The van der Waals surface area contributed by atoms with Gasteiger partial charge in [-0.15, -0.1) is 11.3 Å². The molecule has 1 unspecified atom stereocenters. The van der Waals surface area contributed by atoms with Crippen molar-refractivity contribution in [2.24, 2.45) is 0 Å². The van der Waals surface area contributed by atoms with Crippen molar-refractivity contribution in [1.82, 2.24) is 10.3 Å². The van der Waals surface area contributed by atoms with Gasteiger partial charge in [-0.1, -0.05) is 43.2 Å². The van der Waals surface area contributed by atoms with E-state index >= 15 is 0 Å². The minimum absolute atomic E-state index is 0.273. The van der Waals surface area contributed by atoms with E-state index in [1.807, 2.05) is 0 Å². The summed E-state index contributed by atoms with van der Waals surface area (Å²) in [4.78, 5) is 4.67. The van der Waals surface area contributed by atoms with Crippen LogP contribution in [-0.4, -0.2) is 18.1 Å². The molecule has 1 fully saturated rings. The van der Waals surface area contributed by atoms with Crippen LogP contribution in [0.15, 0.2) is 35.7 Å². The molecule has 1 aromatic heterocycles. The lowest BCUT2D eigenvalue weighted by Crippen LogP contribution is -2.47. The Morgan fingerprint density at radius 2 is 1.95 bits per heavy atom. The Morgan fingerprint density at radius 1 is 1.24 bits per heavy atom. The normalized spacial score (nSPS) is 18.8. The highest BCUT2D eigenvalue weighted by Gasteiger charge is 2.42. The Balaban J connectivity index is 1.91. The van der Waals surface area contributed by atoms with Crippen LogP contribution in [0.3, 0.4) is 0 Å². The van der Waals surface area contributed by atoms with E-state index in [0.717, 1.165) is 12.1 Å². The van der Waals surface area contributed by atoms with Gasteiger partial charge in [0.25, 0.3) is 0 Å². The van der Waals surface area contributed by atoms with E-state index in [2.05, 4.69) is 60.0 Å². The molecule has 2 nitrogen and oxygen atoms in total. The van der Waals surface area contributed by atoms with Gasteiger partial charge in [0, 0.05) is 29.0 Å². The number of hydrogen-bond acceptors (Lipinski definition) is 3. The summed E-state index contributed by atoms with van der Waals surface area (Å²) in [6, 6.07) is 11.6. The smallest absolute Gasteiger partial charge is 0.0943 e. The highest BCUT2D eigenvalue weighted by molar-refractivity contribution is 7.09. The third-order valence-electron chi connectivity index (χ3n) is 4.91. The average molecular weight is 300 g/mol. The second-order valence-electron chi connectivity index (χ2n) is 6.16. The summed E-state index contributed by atoms with van der Waals surface area (Å²) in [5.74, 6) is 0. The SMILES string of the molecule is CNC(Cc1nc(C)cs1)C1(c2ccccc2)CCCC1. The number of nitrogens with one attached hydrogen (secondary N) is 1. The summed E-state index contributed by atoms with van der Waals surface area (Å²) in [5, 5.41) is 7.02. The lowest BCUT2D eigenvalue weighted by atomic mass is 9.71. The van der Waals surface area contributed by atoms with Crippen molar-refractivity contribution in [3.8, 4) is 0 Å². The molecule has 1 heterocycles. The summed E-state index contributed by atoms with van der Waals surface area (Å²) >= 11 is 1.79. The molecular formula is C18H24N2S. The van der Waals surface area contributed by atoms with E-state index in [4.69, 9.17) is 0 Å². The molecule has 3 heteroatoms. The highest BCUT2D eigenvalue weighted by Crippen LogP contribution is 2.44. The van der Waals surface area contributed by atoms with Gasteiger partial charge >= 0.3 is 0 Å². The lowest BCUT2D eigenvalue weighted by Gasteiger charge is -2.38. The van der Waals surface area contributed by atoms with Crippen LogP contribution in [0.25, 0.3) is 0 Å². The number of aryl methyl sites for hydroxylation is 1. The van der Waals surface area contributed by atoms with Crippen LogP contribution in [0, 0.1) is 6.92 Å². The van der Waals surface area contributed by atoms with Crippen LogP contribution >= 0.6 is 11.3 Å². The fraction of sp³-hybridized carbons (Fsp3) is 0.500. The Hall–Kier alpha value is -1.19. The van der Waals surface area contributed by atoms with Crippen molar-refractivity contribution >= 4 is 11.3 Å². The zero-order valence-electron chi connectivity index (χ0n) is 12.9. The first kappa shape index (κ1) is 14.7. The molecule has 0 aliphatic heterocycles. The molecule has 1 aliphatic carbocycles. The third kappa shape index (κ3) is 2.90. The molecule has 112 valence electrons. The quantitative estimate of drug-likeness (QED) is 0.899. The van der Waals surface area contributed by atoms with Crippen LogP contribution in [0.5, 0.6) is 0 Å². The van der Waals surface area contributed by atoms with Gasteiger partial charge < -0.3 is 5.32 Å². The first-order valence-electron chi connectivity index (χ1n) is 7.88. The second kappa shape index (κ2) is 6.29. The van der Waals surface area contributed by atoms with Gasteiger partial charge in [-0.2, -0.15) is 0 Å². The third-order valence-corrected chi connectivity index (χ3v) is 5.89. The summed E-state index contributed by atoms with van der Waals surface area (Å²) in [5.41, 5.74) is 2.91. The number of rotatable bonds is 5. The van der Waals surface area contributed by atoms with E-state index in [0.29, 0.717) is 6.04 Å². The van der Waals surface area contributed by atoms with Gasteiger partial charge in [0.05, 0.1) is 5.01 Å². The summed E-state index contributed by atoms with van der Waals surface area (Å²) in [6.07, 6.45) is 6.28. The number of likely N-dealkylation sites (N-methyl/N-ethyl adjacent to an activating group) is 1. The predicted octanol–water partition coefficient (Wildman–Crippen LogP) is 4.09. The van der Waals surface area contributed by atoms with Crippen LogP contribution < -0.4 is 5.32 Å². The van der Waals surface area contributed by atoms with Gasteiger partial charge in [-0.05, 0) is 32.4 Å². The molecule has 0 spiro atoms. The topological polar surface area (TPSA) is 24.9 Å². The predicted molar refractivity (Wildman–Crippen MR) is 90.0 cm³/mol. The van der Waals surface area contributed by atoms with Gasteiger partial charge in [0.2, 0.25) is 0 Å². The summed E-state index contributed by atoms with van der Waals surface area (Å²) < 4.78 is 0. The minimum atomic E-state index is 0.273. The molecule has 2 aromatic rings. The van der Waals surface area contributed by atoms with E-state index in [1.54, 1.807) is 11.3 Å². The van der Waals surface area contributed by atoms with E-state index in [-0.39, 0.29) is 5.41 Å². The van der Waals surface area contributed by atoms with Crippen molar-refractivity contribution < 1.29 is 0 Å². The average Bonchev–Trinajstić information content (AvgIpc) is 3.15. The number of thiazole rings is 1. The van der Waals surface area contributed by atoms with Crippen LogP contribution in [0.1, 0.15) is 41.9 Å². The van der Waals surface area contributed by atoms with E-state index in [1.165, 1.54) is 36.3 Å². The van der Waals surface area contributed by atoms with Gasteiger partial charge in [0.15, 0.2) is 0 Å². The maximum absolute atomic E-state index is 4.67. The number of benzene rings is 1. The molecule has 3 rings (SSSR count). The van der Waals surface area contributed by atoms with Crippen molar-refractivity contribution in [2.45, 2.75) is 50.5 Å². The fourth-order valence-corrected chi connectivity index (χ4v) is 4.68. The molecule has 1 aromatic carbocycles. The van der Waals surface area contributed by atoms with Crippen LogP contribution in [0.4, 0.5) is 0 Å². The van der Waals surface area contributed by atoms with Crippen molar-refractivity contribution in [3.63, 3.8) is 0 Å². The van der Waals surface area contributed by atoms with E-state index < -0.39 is 0 Å². The van der Waals surface area contributed by atoms with Gasteiger partial charge in [-0.3, -0.25) is 0 Å². The van der Waals surface area contributed by atoms with Crippen molar-refractivity contribution in [3.05, 3.63) is 52.0 Å². The molecule has 0 bridgehead atoms. The Kier molecular flexibility index (Phi) is 4.41. The summed E-state index contributed by atoms with van der Waals surface area (Å²) in [6.45, 7) is 2.08. The molecule has 1 N–H and O–H groups in total. The van der Waals surface area contributed by atoms with E-state index in [9.17, 15) is 0 Å². The van der Waals surface area contributed by atoms with Crippen LogP contribution in [-0.2, 0) is 11.8 Å². The van der Waals surface area contributed by atoms with Gasteiger partial charge in [0.1, 0.15) is 0 Å². The molecule has 1 atom stereocenters. The minimum Gasteiger partial charge on any atom is -0.316 e. The van der Waals surface area contributed by atoms with Crippen LogP contribution in [0.2, 0.25) is 0 Å². The highest BCUT2D eigenvalue weighted by atomic mass is 32.1. The fourth-order valence-electron chi connectivity index (χ4n) is 3.86. The molecule has 1 aliphatic rings. The van der Waals surface area contributed by atoms with Crippen molar-refractivity contribution in [2.75, 3.05) is 7.05 Å². The zero-order valence-corrected chi connectivity index (χ0v) is 13.7. The first-order chi connectivity index (χ1) is 10.2. The second-order valence-corrected chi connectivity index (χ2v) is 7.10. The Morgan fingerprint density at radius 3 is 2.52 bits per heavy atom. The maximum Gasteiger partial charge on any atom is 0.0943 e. The van der Waals surface area contributed by atoms with Crippen molar-refractivity contribution in [1.29, 1.82) is 0 Å². The summed E-state index contributed by atoms with van der Waals surface area (Å²) in [7, 11) is 2.11. The molecule has 0 saturated heterocycles. The molecule has 0 amide bonds. The number of nitrogens with zero attached hydrogens (tertiary/aromatic N) is 1. The molecular weight excluding hydrogens is 276 g/mol. The molecule has 21 heavy (non-hydrogen) atoms. The number of aromatic nitrogens is 1.